The molecule has 0 amide bonds. The molecule has 1 unspecified atom stereocenters. The van der Waals surface area contributed by atoms with Crippen LogP contribution in [0.1, 0.15) is 50.5 Å². The number of aliphatic carboxylic acids is 1. The Bertz CT molecular complexity index is 815. The zero-order valence-electron chi connectivity index (χ0n) is 17.9. The van der Waals surface area contributed by atoms with Gasteiger partial charge in [0.25, 0.3) is 0 Å². The molecule has 0 saturated heterocycles. The number of unbranched alkanes of at least 4 members (excludes halogenated alkanes) is 1. The van der Waals surface area contributed by atoms with Crippen LogP contribution in [0, 0.1) is 5.41 Å². The summed E-state index contributed by atoms with van der Waals surface area (Å²) in [5, 5.41) is 10.2. The molecular formula is C25H32O4S. The van der Waals surface area contributed by atoms with E-state index in [-0.39, 0.29) is 5.25 Å². The molecule has 0 heterocycles. The number of benzene rings is 2. The number of carboxylic acid groups (broad SMARTS) is 1. The van der Waals surface area contributed by atoms with Crippen LogP contribution in [0.5, 0.6) is 11.5 Å². The molecule has 0 bridgehead atoms. The van der Waals surface area contributed by atoms with Crippen LogP contribution in [0.15, 0.2) is 53.4 Å². The van der Waals surface area contributed by atoms with Gasteiger partial charge in [0.15, 0.2) is 11.5 Å². The highest BCUT2D eigenvalue weighted by molar-refractivity contribution is 8.00. The smallest absolute Gasteiger partial charge is 0.310 e. The summed E-state index contributed by atoms with van der Waals surface area (Å²) in [5.74, 6) is 0.734. The van der Waals surface area contributed by atoms with Crippen molar-refractivity contribution < 1.29 is 19.4 Å². The van der Waals surface area contributed by atoms with Crippen molar-refractivity contribution in [2.24, 2.45) is 5.41 Å². The van der Waals surface area contributed by atoms with E-state index in [9.17, 15) is 9.90 Å². The topological polar surface area (TPSA) is 55.8 Å². The SMILES string of the molecule is COc1ccc(SC(CCCCc2ccccc2)C2(C(=O)O)CCCC2)cc1OC. The lowest BCUT2D eigenvalue weighted by molar-refractivity contribution is -0.148. The number of aryl methyl sites for hydroxylation is 1. The summed E-state index contributed by atoms with van der Waals surface area (Å²) in [4.78, 5) is 13.4. The van der Waals surface area contributed by atoms with Crippen molar-refractivity contribution in [1.29, 1.82) is 0 Å². The van der Waals surface area contributed by atoms with Crippen LogP contribution in [0.4, 0.5) is 0 Å². The Kier molecular flexibility index (Phi) is 8.08. The average Bonchev–Trinajstić information content (AvgIpc) is 3.28. The number of hydrogen-bond donors (Lipinski definition) is 1. The van der Waals surface area contributed by atoms with Gasteiger partial charge in [0.1, 0.15) is 0 Å². The molecule has 5 heteroatoms. The summed E-state index contributed by atoms with van der Waals surface area (Å²) in [6, 6.07) is 16.4. The summed E-state index contributed by atoms with van der Waals surface area (Å²) < 4.78 is 10.8. The van der Waals surface area contributed by atoms with Crippen molar-refractivity contribution in [2.45, 2.75) is 61.5 Å². The number of carbonyl (C=O) groups is 1. The fourth-order valence-electron chi connectivity index (χ4n) is 4.49. The molecule has 1 aliphatic carbocycles. The first-order valence-electron chi connectivity index (χ1n) is 10.7. The molecule has 30 heavy (non-hydrogen) atoms. The lowest BCUT2D eigenvalue weighted by Gasteiger charge is -2.33. The molecule has 0 spiro atoms. The predicted molar refractivity (Wildman–Crippen MR) is 122 cm³/mol. The van der Waals surface area contributed by atoms with Gasteiger partial charge in [-0.3, -0.25) is 4.79 Å². The van der Waals surface area contributed by atoms with Crippen molar-refractivity contribution in [1.82, 2.24) is 0 Å². The van der Waals surface area contributed by atoms with Gasteiger partial charge in [-0.1, -0.05) is 49.6 Å². The van der Waals surface area contributed by atoms with Crippen LogP contribution in [0.3, 0.4) is 0 Å². The van der Waals surface area contributed by atoms with Crippen molar-refractivity contribution in [3.63, 3.8) is 0 Å². The summed E-state index contributed by atoms with van der Waals surface area (Å²) in [6.45, 7) is 0. The summed E-state index contributed by atoms with van der Waals surface area (Å²) >= 11 is 1.69. The Balaban J connectivity index is 1.73. The van der Waals surface area contributed by atoms with Crippen LogP contribution in [0.2, 0.25) is 0 Å². The quantitative estimate of drug-likeness (QED) is 0.340. The van der Waals surface area contributed by atoms with Crippen LogP contribution in [-0.2, 0) is 11.2 Å². The monoisotopic (exact) mass is 428 g/mol. The number of rotatable bonds is 11. The molecule has 3 rings (SSSR count). The third-order valence-corrected chi connectivity index (χ3v) is 7.69. The maximum atomic E-state index is 12.4. The maximum absolute atomic E-state index is 12.4. The maximum Gasteiger partial charge on any atom is 0.310 e. The highest BCUT2D eigenvalue weighted by Crippen LogP contribution is 2.50. The first-order chi connectivity index (χ1) is 14.6. The highest BCUT2D eigenvalue weighted by Gasteiger charge is 2.47. The van der Waals surface area contributed by atoms with E-state index >= 15 is 0 Å². The lowest BCUT2D eigenvalue weighted by atomic mass is 9.80. The molecule has 1 aliphatic rings. The van der Waals surface area contributed by atoms with E-state index in [0.717, 1.165) is 56.3 Å². The number of methoxy groups -OCH3 is 2. The van der Waals surface area contributed by atoms with E-state index in [0.29, 0.717) is 11.5 Å². The van der Waals surface area contributed by atoms with Gasteiger partial charge in [0, 0.05) is 10.1 Å². The molecule has 2 aromatic rings. The van der Waals surface area contributed by atoms with Gasteiger partial charge in [-0.15, -0.1) is 11.8 Å². The van der Waals surface area contributed by atoms with Gasteiger partial charge >= 0.3 is 5.97 Å². The van der Waals surface area contributed by atoms with Gasteiger partial charge in [-0.05, 0) is 55.9 Å². The normalized spacial score (nSPS) is 16.2. The van der Waals surface area contributed by atoms with Gasteiger partial charge in [0.2, 0.25) is 0 Å². The molecule has 4 nitrogen and oxygen atoms in total. The Morgan fingerprint density at radius 1 is 1.03 bits per heavy atom. The molecule has 0 aromatic heterocycles. The van der Waals surface area contributed by atoms with Crippen LogP contribution >= 0.6 is 11.8 Å². The number of carboxylic acids is 1. The average molecular weight is 429 g/mol. The first-order valence-corrected chi connectivity index (χ1v) is 11.6. The third kappa shape index (κ3) is 5.31. The molecule has 1 saturated carbocycles. The summed E-state index contributed by atoms with van der Waals surface area (Å²) in [5.41, 5.74) is 0.709. The van der Waals surface area contributed by atoms with E-state index in [1.165, 1.54) is 5.56 Å². The molecular weight excluding hydrogens is 396 g/mol. The highest BCUT2D eigenvalue weighted by atomic mass is 32.2. The first kappa shape index (κ1) is 22.5. The molecule has 1 atom stereocenters. The Hall–Kier alpha value is -2.14. The van der Waals surface area contributed by atoms with E-state index in [1.54, 1.807) is 26.0 Å². The summed E-state index contributed by atoms with van der Waals surface area (Å²) in [6.07, 6.45) is 7.57. The second-order valence-electron chi connectivity index (χ2n) is 8.02. The van der Waals surface area contributed by atoms with Gasteiger partial charge < -0.3 is 14.6 Å². The van der Waals surface area contributed by atoms with Gasteiger partial charge in [0.05, 0.1) is 19.6 Å². The molecule has 162 valence electrons. The molecule has 0 aliphatic heterocycles. The largest absolute Gasteiger partial charge is 0.493 e. The van der Waals surface area contributed by atoms with E-state index in [4.69, 9.17) is 9.47 Å². The third-order valence-electron chi connectivity index (χ3n) is 6.20. The second kappa shape index (κ2) is 10.8. The predicted octanol–water partition coefficient (Wildman–Crippen LogP) is 6.22. The van der Waals surface area contributed by atoms with E-state index in [2.05, 4.69) is 24.3 Å². The minimum absolute atomic E-state index is 0.0476. The van der Waals surface area contributed by atoms with Crippen molar-refractivity contribution in [2.75, 3.05) is 14.2 Å². The molecule has 1 fully saturated rings. The van der Waals surface area contributed by atoms with Crippen molar-refractivity contribution >= 4 is 17.7 Å². The number of hydrogen-bond acceptors (Lipinski definition) is 4. The van der Waals surface area contributed by atoms with Crippen molar-refractivity contribution in [3.8, 4) is 11.5 Å². The summed E-state index contributed by atoms with van der Waals surface area (Å²) in [7, 11) is 3.25. The van der Waals surface area contributed by atoms with Crippen LogP contribution < -0.4 is 9.47 Å². The zero-order valence-corrected chi connectivity index (χ0v) is 18.7. The molecule has 1 N–H and O–H groups in total. The minimum atomic E-state index is -0.638. The Morgan fingerprint density at radius 2 is 1.73 bits per heavy atom. The lowest BCUT2D eigenvalue weighted by Crippen LogP contribution is -2.38. The van der Waals surface area contributed by atoms with Crippen molar-refractivity contribution in [3.05, 3.63) is 54.1 Å². The van der Waals surface area contributed by atoms with Gasteiger partial charge in [-0.2, -0.15) is 0 Å². The van der Waals surface area contributed by atoms with Gasteiger partial charge in [-0.25, -0.2) is 0 Å². The molecule has 0 radical (unpaired) electrons. The number of thioether (sulfide) groups is 1. The van der Waals surface area contributed by atoms with E-state index in [1.807, 2.05) is 24.3 Å². The minimum Gasteiger partial charge on any atom is -0.493 e. The fraction of sp³-hybridized carbons (Fsp3) is 0.480. The van der Waals surface area contributed by atoms with Crippen LogP contribution in [-0.4, -0.2) is 30.5 Å². The molecule has 2 aromatic carbocycles. The van der Waals surface area contributed by atoms with Crippen LogP contribution in [0.25, 0.3) is 0 Å². The second-order valence-corrected chi connectivity index (χ2v) is 9.30. The van der Waals surface area contributed by atoms with E-state index < -0.39 is 11.4 Å². The number of ether oxygens (including phenoxy) is 2. The standard InChI is InChI=1S/C25H32O4S/c1-28-21-15-14-20(18-22(21)29-2)30-23(25(24(26)27)16-8-9-17-25)13-7-6-12-19-10-4-3-5-11-19/h3-5,10-11,14-15,18,23H,6-9,12-13,16-17H2,1-2H3,(H,26,27). The fourth-order valence-corrected chi connectivity index (χ4v) is 5.98. The Morgan fingerprint density at radius 3 is 2.37 bits per heavy atom. The zero-order chi connectivity index (χ0) is 21.4. The Labute approximate surface area is 184 Å².